The van der Waals surface area contributed by atoms with Crippen molar-refractivity contribution in [2.45, 2.75) is 20.3 Å². The van der Waals surface area contributed by atoms with E-state index in [1.807, 2.05) is 49.4 Å². The summed E-state index contributed by atoms with van der Waals surface area (Å²) in [4.78, 5) is 16.6. The lowest BCUT2D eigenvalue weighted by Gasteiger charge is -2.11. The number of anilines is 3. The molecule has 0 bridgehead atoms. The molecule has 0 unspecified atom stereocenters. The van der Waals surface area contributed by atoms with Crippen molar-refractivity contribution in [2.75, 3.05) is 10.6 Å². The predicted octanol–water partition coefficient (Wildman–Crippen LogP) is 4.95. The summed E-state index contributed by atoms with van der Waals surface area (Å²) in [6, 6.07) is 19.4. The Morgan fingerprint density at radius 1 is 1.04 bits per heavy atom. The van der Waals surface area contributed by atoms with Crippen LogP contribution in [0.4, 0.5) is 17.2 Å². The standard InChI is InChI=1S/C21H21N3O/c1-3-16-8-4-5-10-19(16)23-18-11-12-20(22-14-18)24-21(25)17-9-6-7-15(2)13-17/h4-14,23H,3H2,1-2H3,(H,22,24,25). The molecule has 25 heavy (non-hydrogen) atoms. The van der Waals surface area contributed by atoms with Crippen LogP contribution in [0.2, 0.25) is 0 Å². The third kappa shape index (κ3) is 4.23. The number of carbonyl (C=O) groups is 1. The number of benzene rings is 2. The molecule has 4 heteroatoms. The molecule has 0 atom stereocenters. The maximum absolute atomic E-state index is 12.3. The average Bonchev–Trinajstić information content (AvgIpc) is 2.64. The molecule has 0 aliphatic rings. The van der Waals surface area contributed by atoms with Crippen LogP contribution in [-0.4, -0.2) is 10.9 Å². The maximum atomic E-state index is 12.3. The SMILES string of the molecule is CCc1ccccc1Nc1ccc(NC(=O)c2cccc(C)c2)nc1. The average molecular weight is 331 g/mol. The van der Waals surface area contributed by atoms with Gasteiger partial charge in [0, 0.05) is 11.3 Å². The first-order chi connectivity index (χ1) is 12.2. The Kier molecular flexibility index (Phi) is 5.09. The van der Waals surface area contributed by atoms with Gasteiger partial charge in [0.1, 0.15) is 5.82 Å². The van der Waals surface area contributed by atoms with Crippen molar-refractivity contribution >= 4 is 23.1 Å². The molecule has 1 amide bonds. The summed E-state index contributed by atoms with van der Waals surface area (Å²) in [6.07, 6.45) is 2.68. The van der Waals surface area contributed by atoms with Gasteiger partial charge in [-0.3, -0.25) is 4.79 Å². The summed E-state index contributed by atoms with van der Waals surface area (Å²) >= 11 is 0. The molecule has 0 aliphatic heterocycles. The highest BCUT2D eigenvalue weighted by molar-refractivity contribution is 6.03. The van der Waals surface area contributed by atoms with Gasteiger partial charge in [-0.05, 0) is 49.2 Å². The summed E-state index contributed by atoms with van der Waals surface area (Å²) < 4.78 is 0. The zero-order valence-electron chi connectivity index (χ0n) is 14.4. The topological polar surface area (TPSA) is 54.0 Å². The van der Waals surface area contributed by atoms with Crippen LogP contribution in [0.5, 0.6) is 0 Å². The van der Waals surface area contributed by atoms with Crippen LogP contribution in [0.3, 0.4) is 0 Å². The normalized spacial score (nSPS) is 10.3. The Morgan fingerprint density at radius 3 is 2.60 bits per heavy atom. The van der Waals surface area contributed by atoms with E-state index in [9.17, 15) is 4.79 Å². The number of hydrogen-bond donors (Lipinski definition) is 2. The Balaban J connectivity index is 1.69. The van der Waals surface area contributed by atoms with E-state index in [4.69, 9.17) is 0 Å². The van der Waals surface area contributed by atoms with Gasteiger partial charge in [0.25, 0.3) is 5.91 Å². The monoisotopic (exact) mass is 331 g/mol. The first-order valence-corrected chi connectivity index (χ1v) is 8.34. The minimum atomic E-state index is -0.159. The zero-order valence-corrected chi connectivity index (χ0v) is 14.4. The molecule has 3 rings (SSSR count). The van der Waals surface area contributed by atoms with E-state index in [1.165, 1.54) is 5.56 Å². The first-order valence-electron chi connectivity index (χ1n) is 8.34. The highest BCUT2D eigenvalue weighted by atomic mass is 16.1. The van der Waals surface area contributed by atoms with Crippen molar-refractivity contribution in [3.63, 3.8) is 0 Å². The van der Waals surface area contributed by atoms with Crippen molar-refractivity contribution in [1.29, 1.82) is 0 Å². The Hall–Kier alpha value is -3.14. The van der Waals surface area contributed by atoms with Gasteiger partial charge in [0.15, 0.2) is 0 Å². The molecule has 0 saturated heterocycles. The predicted molar refractivity (Wildman–Crippen MR) is 102 cm³/mol. The summed E-state index contributed by atoms with van der Waals surface area (Å²) in [6.45, 7) is 4.09. The summed E-state index contributed by atoms with van der Waals surface area (Å²) in [7, 11) is 0. The molecular formula is C21H21N3O. The van der Waals surface area contributed by atoms with Crippen LogP contribution in [0.15, 0.2) is 66.9 Å². The molecule has 0 aliphatic carbocycles. The molecular weight excluding hydrogens is 310 g/mol. The van der Waals surface area contributed by atoms with Gasteiger partial charge in [-0.1, -0.05) is 42.8 Å². The zero-order chi connectivity index (χ0) is 17.6. The van der Waals surface area contributed by atoms with Crippen LogP contribution in [0.1, 0.15) is 28.4 Å². The summed E-state index contributed by atoms with van der Waals surface area (Å²) in [5.41, 5.74) is 4.88. The second-order valence-corrected chi connectivity index (χ2v) is 5.89. The van der Waals surface area contributed by atoms with Gasteiger partial charge in [-0.15, -0.1) is 0 Å². The number of nitrogens with zero attached hydrogens (tertiary/aromatic N) is 1. The molecule has 126 valence electrons. The number of aryl methyl sites for hydroxylation is 2. The number of carbonyl (C=O) groups excluding carboxylic acids is 1. The fourth-order valence-corrected chi connectivity index (χ4v) is 2.62. The van der Waals surface area contributed by atoms with E-state index >= 15 is 0 Å². The van der Waals surface area contributed by atoms with E-state index in [0.29, 0.717) is 11.4 Å². The first kappa shape index (κ1) is 16.7. The van der Waals surface area contributed by atoms with Crippen molar-refractivity contribution in [3.8, 4) is 0 Å². The third-order valence-corrected chi connectivity index (χ3v) is 3.96. The van der Waals surface area contributed by atoms with Gasteiger partial charge in [-0.2, -0.15) is 0 Å². The molecule has 1 aromatic heterocycles. The van der Waals surface area contributed by atoms with Crippen LogP contribution >= 0.6 is 0 Å². The van der Waals surface area contributed by atoms with Gasteiger partial charge in [-0.25, -0.2) is 4.98 Å². The van der Waals surface area contributed by atoms with E-state index in [0.717, 1.165) is 23.4 Å². The number of aromatic nitrogens is 1. The number of hydrogen-bond acceptors (Lipinski definition) is 3. The summed E-state index contributed by atoms with van der Waals surface area (Å²) in [5.74, 6) is 0.370. The fraction of sp³-hybridized carbons (Fsp3) is 0.143. The minimum absolute atomic E-state index is 0.159. The highest BCUT2D eigenvalue weighted by Crippen LogP contribution is 2.21. The van der Waals surface area contributed by atoms with Crippen molar-refractivity contribution < 1.29 is 4.79 Å². The third-order valence-electron chi connectivity index (χ3n) is 3.96. The molecule has 0 saturated carbocycles. The fourth-order valence-electron chi connectivity index (χ4n) is 2.62. The second kappa shape index (κ2) is 7.62. The molecule has 3 aromatic rings. The van der Waals surface area contributed by atoms with Crippen LogP contribution in [-0.2, 0) is 6.42 Å². The quantitative estimate of drug-likeness (QED) is 0.695. The number of nitrogens with one attached hydrogen (secondary N) is 2. The lowest BCUT2D eigenvalue weighted by molar-refractivity contribution is 0.102. The van der Waals surface area contributed by atoms with Gasteiger partial charge >= 0.3 is 0 Å². The van der Waals surface area contributed by atoms with Crippen molar-refractivity contribution in [3.05, 3.63) is 83.6 Å². The van der Waals surface area contributed by atoms with Crippen molar-refractivity contribution in [1.82, 2.24) is 4.98 Å². The van der Waals surface area contributed by atoms with Gasteiger partial charge < -0.3 is 10.6 Å². The van der Waals surface area contributed by atoms with E-state index in [2.05, 4.69) is 28.6 Å². The number of para-hydroxylation sites is 1. The lowest BCUT2D eigenvalue weighted by atomic mass is 10.1. The summed E-state index contributed by atoms with van der Waals surface area (Å²) in [5, 5.41) is 6.19. The Bertz CT molecular complexity index is 872. The number of rotatable bonds is 5. The molecule has 4 nitrogen and oxygen atoms in total. The second-order valence-electron chi connectivity index (χ2n) is 5.89. The largest absolute Gasteiger partial charge is 0.354 e. The smallest absolute Gasteiger partial charge is 0.256 e. The minimum Gasteiger partial charge on any atom is -0.354 e. The Morgan fingerprint density at radius 2 is 1.88 bits per heavy atom. The lowest BCUT2D eigenvalue weighted by Crippen LogP contribution is -2.13. The van der Waals surface area contributed by atoms with E-state index in [1.54, 1.807) is 18.3 Å². The highest BCUT2D eigenvalue weighted by Gasteiger charge is 2.07. The molecule has 0 radical (unpaired) electrons. The number of amides is 1. The molecule has 2 aromatic carbocycles. The van der Waals surface area contributed by atoms with Crippen LogP contribution < -0.4 is 10.6 Å². The van der Waals surface area contributed by atoms with Crippen molar-refractivity contribution in [2.24, 2.45) is 0 Å². The molecule has 0 fully saturated rings. The Labute approximate surface area is 147 Å². The number of pyridine rings is 1. The molecule has 1 heterocycles. The van der Waals surface area contributed by atoms with Crippen LogP contribution in [0, 0.1) is 6.92 Å². The van der Waals surface area contributed by atoms with Gasteiger partial charge in [0.05, 0.1) is 11.9 Å². The van der Waals surface area contributed by atoms with E-state index < -0.39 is 0 Å². The molecule has 0 spiro atoms. The van der Waals surface area contributed by atoms with Gasteiger partial charge in [0.2, 0.25) is 0 Å². The van der Waals surface area contributed by atoms with Crippen LogP contribution in [0.25, 0.3) is 0 Å². The van der Waals surface area contributed by atoms with E-state index in [-0.39, 0.29) is 5.91 Å². The molecule has 2 N–H and O–H groups in total. The maximum Gasteiger partial charge on any atom is 0.256 e.